The number of benzene rings is 2. The van der Waals surface area contributed by atoms with E-state index in [1.165, 1.54) is 15.2 Å². The van der Waals surface area contributed by atoms with Crippen molar-refractivity contribution in [3.63, 3.8) is 0 Å². The molecule has 0 bridgehead atoms. The van der Waals surface area contributed by atoms with E-state index in [1.54, 1.807) is 36.6 Å². The minimum Gasteiger partial charge on any atom is -0.497 e. The molecule has 0 unspecified atom stereocenters. The molecule has 1 fully saturated rings. The number of ether oxygens (including phenoxy) is 1. The summed E-state index contributed by atoms with van der Waals surface area (Å²) in [4.78, 5) is 16.9. The Morgan fingerprint density at radius 2 is 1.82 bits per heavy atom. The summed E-state index contributed by atoms with van der Waals surface area (Å²) in [7, 11) is -1.98. The number of amides is 1. The first-order valence-corrected chi connectivity index (χ1v) is 13.8. The van der Waals surface area contributed by atoms with Gasteiger partial charge in [-0.15, -0.1) is 11.3 Å². The number of rotatable bonds is 9. The maximum atomic E-state index is 13.7. The van der Waals surface area contributed by atoms with E-state index >= 15 is 0 Å². The van der Waals surface area contributed by atoms with Gasteiger partial charge >= 0.3 is 0 Å². The fraction of sp³-hybridized carbons (Fsp3) is 0.346. The maximum absolute atomic E-state index is 13.7. The summed E-state index contributed by atoms with van der Waals surface area (Å²) in [5.41, 5.74) is 1.36. The van der Waals surface area contributed by atoms with Gasteiger partial charge in [0.15, 0.2) is 0 Å². The largest absolute Gasteiger partial charge is 0.497 e. The molecule has 0 aliphatic carbocycles. The Labute approximate surface area is 205 Å². The Balaban J connectivity index is 1.62. The lowest BCUT2D eigenvalue weighted by Crippen LogP contribution is -2.39. The summed E-state index contributed by atoms with van der Waals surface area (Å²) >= 11 is 1.67. The summed E-state index contributed by atoms with van der Waals surface area (Å²) in [5.74, 6) is 0.575. The lowest BCUT2D eigenvalue weighted by atomic mass is 10.1. The standard InChI is InChI=1S/C26H30N2O4S2/c1-20(17-24-8-6-16-33-24)28(19-21-10-12-23(32-2)13-11-21)26(29)22-7-5-9-25(18-22)34(30,31)27-14-3-4-15-27/h5-13,16,18,20H,3-4,14-15,17,19H2,1-2H3/t20-/m0/s1. The number of hydrogen-bond donors (Lipinski definition) is 0. The predicted octanol–water partition coefficient (Wildman–Crippen LogP) is 4.81. The van der Waals surface area contributed by atoms with Crippen LogP contribution in [0.25, 0.3) is 0 Å². The molecule has 2 aromatic carbocycles. The van der Waals surface area contributed by atoms with E-state index in [-0.39, 0.29) is 16.8 Å². The van der Waals surface area contributed by atoms with Gasteiger partial charge in [0.25, 0.3) is 5.91 Å². The molecular weight excluding hydrogens is 468 g/mol. The minimum absolute atomic E-state index is 0.0768. The van der Waals surface area contributed by atoms with Gasteiger partial charge in [-0.1, -0.05) is 24.3 Å². The fourth-order valence-electron chi connectivity index (χ4n) is 4.22. The van der Waals surface area contributed by atoms with E-state index in [0.29, 0.717) is 25.2 Å². The average Bonchev–Trinajstić information content (AvgIpc) is 3.57. The van der Waals surface area contributed by atoms with Crippen molar-refractivity contribution in [2.45, 2.75) is 43.7 Å². The van der Waals surface area contributed by atoms with Gasteiger partial charge in [0, 0.05) is 42.5 Å². The zero-order valence-electron chi connectivity index (χ0n) is 19.5. The quantitative estimate of drug-likeness (QED) is 0.424. The third-order valence-electron chi connectivity index (χ3n) is 6.17. The molecule has 1 amide bonds. The van der Waals surface area contributed by atoms with Crippen LogP contribution in [0, 0.1) is 0 Å². The first-order chi connectivity index (χ1) is 16.4. The van der Waals surface area contributed by atoms with E-state index in [0.717, 1.165) is 30.6 Å². The Morgan fingerprint density at radius 3 is 2.47 bits per heavy atom. The number of carbonyl (C=O) groups excluding carboxylic acids is 1. The zero-order valence-corrected chi connectivity index (χ0v) is 21.1. The number of nitrogens with zero attached hydrogens (tertiary/aromatic N) is 2. The van der Waals surface area contributed by atoms with Crippen molar-refractivity contribution in [1.29, 1.82) is 0 Å². The van der Waals surface area contributed by atoms with Crippen LogP contribution < -0.4 is 4.74 Å². The van der Waals surface area contributed by atoms with Crippen molar-refractivity contribution in [1.82, 2.24) is 9.21 Å². The zero-order chi connectivity index (χ0) is 24.1. The predicted molar refractivity (Wildman–Crippen MR) is 135 cm³/mol. The van der Waals surface area contributed by atoms with Crippen LogP contribution in [0.4, 0.5) is 0 Å². The van der Waals surface area contributed by atoms with Crippen molar-refractivity contribution in [3.05, 3.63) is 82.0 Å². The van der Waals surface area contributed by atoms with Crippen molar-refractivity contribution in [2.24, 2.45) is 0 Å². The topological polar surface area (TPSA) is 66.9 Å². The van der Waals surface area contributed by atoms with Crippen LogP contribution in [-0.2, 0) is 23.0 Å². The second-order valence-electron chi connectivity index (χ2n) is 8.55. The molecular formula is C26H30N2O4S2. The van der Waals surface area contributed by atoms with Crippen LogP contribution >= 0.6 is 11.3 Å². The minimum atomic E-state index is -3.60. The van der Waals surface area contributed by atoms with Gasteiger partial charge in [-0.05, 0) is 67.1 Å². The van der Waals surface area contributed by atoms with Crippen molar-refractivity contribution in [2.75, 3.05) is 20.2 Å². The average molecular weight is 499 g/mol. The highest BCUT2D eigenvalue weighted by Gasteiger charge is 2.29. The van der Waals surface area contributed by atoms with Gasteiger partial charge in [0.2, 0.25) is 10.0 Å². The summed E-state index contributed by atoms with van der Waals surface area (Å²) < 4.78 is 32.9. The Hall–Kier alpha value is -2.68. The van der Waals surface area contributed by atoms with Gasteiger partial charge in [0.1, 0.15) is 5.75 Å². The van der Waals surface area contributed by atoms with E-state index in [9.17, 15) is 13.2 Å². The molecule has 1 saturated heterocycles. The SMILES string of the molecule is COc1ccc(CN(C(=O)c2cccc(S(=O)(=O)N3CCCC3)c2)[C@@H](C)Cc2cccs2)cc1. The van der Waals surface area contributed by atoms with Gasteiger partial charge in [-0.2, -0.15) is 4.31 Å². The van der Waals surface area contributed by atoms with Gasteiger partial charge in [0.05, 0.1) is 12.0 Å². The lowest BCUT2D eigenvalue weighted by molar-refractivity contribution is 0.0675. The number of hydrogen-bond acceptors (Lipinski definition) is 5. The van der Waals surface area contributed by atoms with Gasteiger partial charge in [-0.3, -0.25) is 4.79 Å². The first kappa shape index (κ1) is 24.4. The van der Waals surface area contributed by atoms with E-state index in [2.05, 4.69) is 6.07 Å². The second kappa shape index (κ2) is 10.7. The molecule has 3 aromatic rings. The Bertz CT molecular complexity index is 1200. The van der Waals surface area contributed by atoms with E-state index < -0.39 is 10.0 Å². The van der Waals surface area contributed by atoms with Crippen LogP contribution in [0.2, 0.25) is 0 Å². The van der Waals surface area contributed by atoms with Crippen LogP contribution in [0.3, 0.4) is 0 Å². The Kier molecular flexibility index (Phi) is 7.70. The van der Waals surface area contributed by atoms with E-state index in [4.69, 9.17) is 4.74 Å². The monoisotopic (exact) mass is 498 g/mol. The molecule has 1 aliphatic rings. The number of sulfonamides is 1. The summed E-state index contributed by atoms with van der Waals surface area (Å²) in [6.07, 6.45) is 2.47. The normalized spacial score (nSPS) is 15.2. The molecule has 2 heterocycles. The molecule has 1 atom stereocenters. The van der Waals surface area contributed by atoms with Gasteiger partial charge < -0.3 is 9.64 Å². The van der Waals surface area contributed by atoms with Crippen molar-refractivity contribution < 1.29 is 17.9 Å². The number of methoxy groups -OCH3 is 1. The van der Waals surface area contributed by atoms with Crippen LogP contribution in [0.15, 0.2) is 70.9 Å². The summed E-state index contributed by atoms with van der Waals surface area (Å²) in [6.45, 7) is 3.51. The number of carbonyl (C=O) groups is 1. The molecule has 1 aliphatic heterocycles. The summed E-state index contributed by atoms with van der Waals surface area (Å²) in [6, 6.07) is 18.1. The highest BCUT2D eigenvalue weighted by atomic mass is 32.2. The molecule has 0 saturated carbocycles. The smallest absolute Gasteiger partial charge is 0.254 e. The molecule has 4 rings (SSSR count). The van der Waals surface area contributed by atoms with Crippen LogP contribution in [-0.4, -0.2) is 49.8 Å². The fourth-order valence-corrected chi connectivity index (χ4v) is 6.61. The summed E-state index contributed by atoms with van der Waals surface area (Å²) in [5, 5.41) is 2.03. The van der Waals surface area contributed by atoms with Crippen LogP contribution in [0.1, 0.15) is 40.6 Å². The third kappa shape index (κ3) is 5.51. The van der Waals surface area contributed by atoms with Crippen molar-refractivity contribution >= 4 is 27.3 Å². The lowest BCUT2D eigenvalue weighted by Gasteiger charge is -2.30. The second-order valence-corrected chi connectivity index (χ2v) is 11.5. The Morgan fingerprint density at radius 1 is 1.09 bits per heavy atom. The highest BCUT2D eigenvalue weighted by molar-refractivity contribution is 7.89. The third-order valence-corrected chi connectivity index (χ3v) is 8.96. The molecule has 34 heavy (non-hydrogen) atoms. The first-order valence-electron chi connectivity index (χ1n) is 11.4. The van der Waals surface area contributed by atoms with Crippen molar-refractivity contribution in [3.8, 4) is 5.75 Å². The molecule has 0 radical (unpaired) electrons. The van der Waals surface area contributed by atoms with E-state index in [1.807, 2.05) is 47.5 Å². The molecule has 180 valence electrons. The maximum Gasteiger partial charge on any atom is 0.254 e. The molecule has 8 heteroatoms. The molecule has 0 spiro atoms. The molecule has 6 nitrogen and oxygen atoms in total. The van der Waals surface area contributed by atoms with Crippen LogP contribution in [0.5, 0.6) is 5.75 Å². The molecule has 1 aromatic heterocycles. The number of thiophene rings is 1. The van der Waals surface area contributed by atoms with Gasteiger partial charge in [-0.25, -0.2) is 8.42 Å². The molecule has 0 N–H and O–H groups in total. The highest BCUT2D eigenvalue weighted by Crippen LogP contribution is 2.24.